The molecule has 0 radical (unpaired) electrons. The van der Waals surface area contributed by atoms with Gasteiger partial charge in [0.25, 0.3) is 0 Å². The third-order valence-corrected chi connectivity index (χ3v) is 5.27. The number of hydrogen-bond donors (Lipinski definition) is 0. The molecule has 1 aromatic rings. The first kappa shape index (κ1) is 21.4. The molecule has 1 fully saturated rings. The highest BCUT2D eigenvalue weighted by Crippen LogP contribution is 2.35. The van der Waals surface area contributed by atoms with Gasteiger partial charge in [0.2, 0.25) is 0 Å². The van der Waals surface area contributed by atoms with Crippen molar-refractivity contribution in [1.82, 2.24) is 0 Å². The topological polar surface area (TPSA) is 71.1 Å². The van der Waals surface area contributed by atoms with Gasteiger partial charge in [-0.05, 0) is 17.4 Å². The molecule has 1 saturated heterocycles. The number of carbonyl (C=O) groups excluding carboxylic acids is 2. The van der Waals surface area contributed by atoms with Gasteiger partial charge in [0, 0.05) is 12.8 Å². The third-order valence-electron chi connectivity index (χ3n) is 5.27. The Morgan fingerprint density at radius 3 is 2.37 bits per heavy atom. The van der Waals surface area contributed by atoms with Gasteiger partial charge in [-0.25, -0.2) is 0 Å². The maximum Gasteiger partial charge on any atom is 0.308 e. The fraction of sp³-hybridized carbons (Fsp3) is 0.619. The Bertz CT molecular complexity index is 602. The van der Waals surface area contributed by atoms with Crippen LogP contribution >= 0.6 is 0 Å². The predicted molar refractivity (Wildman–Crippen MR) is 99.6 cm³/mol. The molecule has 0 aliphatic carbocycles. The summed E-state index contributed by atoms with van der Waals surface area (Å²) in [4.78, 5) is 23.0. The van der Waals surface area contributed by atoms with Gasteiger partial charge in [0.1, 0.15) is 13.2 Å². The van der Waals surface area contributed by atoms with Crippen LogP contribution in [0.2, 0.25) is 0 Å². The van der Waals surface area contributed by atoms with E-state index >= 15 is 0 Å². The average molecular weight is 378 g/mol. The molecule has 6 heteroatoms. The van der Waals surface area contributed by atoms with Crippen molar-refractivity contribution in [1.29, 1.82) is 0 Å². The van der Waals surface area contributed by atoms with E-state index in [0.29, 0.717) is 5.92 Å². The minimum Gasteiger partial charge on any atom is -0.463 e. The first-order valence-electron chi connectivity index (χ1n) is 9.48. The molecule has 2 rings (SSSR count). The smallest absolute Gasteiger partial charge is 0.308 e. The number of ether oxygens (including phenoxy) is 4. The second-order valence-corrected chi connectivity index (χ2v) is 7.19. The van der Waals surface area contributed by atoms with Crippen molar-refractivity contribution in [2.45, 2.75) is 53.1 Å². The lowest BCUT2D eigenvalue weighted by Gasteiger charge is -2.43. The fourth-order valence-electron chi connectivity index (χ4n) is 3.14. The summed E-state index contributed by atoms with van der Waals surface area (Å²) < 4.78 is 22.2. The van der Waals surface area contributed by atoms with E-state index in [0.717, 1.165) is 5.56 Å². The quantitative estimate of drug-likeness (QED) is 0.646. The maximum absolute atomic E-state index is 11.9. The minimum atomic E-state index is -0.432. The summed E-state index contributed by atoms with van der Waals surface area (Å²) in [7, 11) is 0. The van der Waals surface area contributed by atoms with Crippen molar-refractivity contribution >= 4 is 11.9 Å². The van der Waals surface area contributed by atoms with Crippen LogP contribution in [0.3, 0.4) is 0 Å². The van der Waals surface area contributed by atoms with E-state index in [1.807, 2.05) is 30.3 Å². The Morgan fingerprint density at radius 1 is 1.00 bits per heavy atom. The Kier molecular flexibility index (Phi) is 8.25. The van der Waals surface area contributed by atoms with Crippen molar-refractivity contribution < 1.29 is 28.5 Å². The molecule has 1 aliphatic rings. The Morgan fingerprint density at radius 2 is 1.70 bits per heavy atom. The van der Waals surface area contributed by atoms with Crippen molar-refractivity contribution in [3.05, 3.63) is 35.9 Å². The van der Waals surface area contributed by atoms with Crippen LogP contribution in [0.4, 0.5) is 0 Å². The summed E-state index contributed by atoms with van der Waals surface area (Å²) in [5.74, 6) is 0.134. The highest BCUT2D eigenvalue weighted by atomic mass is 16.7. The van der Waals surface area contributed by atoms with Gasteiger partial charge in [-0.2, -0.15) is 0 Å². The zero-order chi connectivity index (χ0) is 19.8. The summed E-state index contributed by atoms with van der Waals surface area (Å²) in [6.45, 7) is 8.39. The van der Waals surface area contributed by atoms with Gasteiger partial charge in [-0.15, -0.1) is 0 Å². The highest BCUT2D eigenvalue weighted by molar-refractivity contribution is 5.69. The molecular weight excluding hydrogens is 348 g/mol. The molecule has 1 aliphatic heterocycles. The molecule has 0 saturated carbocycles. The molecule has 0 amide bonds. The van der Waals surface area contributed by atoms with Crippen molar-refractivity contribution in [2.75, 3.05) is 13.2 Å². The van der Waals surface area contributed by atoms with Gasteiger partial charge in [0.05, 0.1) is 19.1 Å². The number of hydrogen-bond acceptors (Lipinski definition) is 6. The Labute approximate surface area is 161 Å². The largest absolute Gasteiger partial charge is 0.463 e. The van der Waals surface area contributed by atoms with Gasteiger partial charge in [-0.3, -0.25) is 9.59 Å². The average Bonchev–Trinajstić information content (AvgIpc) is 2.66. The molecule has 6 nitrogen and oxygen atoms in total. The lowest BCUT2D eigenvalue weighted by atomic mass is 9.79. The lowest BCUT2D eigenvalue weighted by Crippen LogP contribution is -2.48. The first-order valence-corrected chi connectivity index (χ1v) is 9.48. The molecule has 0 N–H and O–H groups in total. The van der Waals surface area contributed by atoms with Crippen LogP contribution in [0.25, 0.3) is 0 Å². The summed E-state index contributed by atoms with van der Waals surface area (Å²) >= 11 is 0. The van der Waals surface area contributed by atoms with Crippen LogP contribution in [0.15, 0.2) is 30.3 Å². The number of rotatable bonds is 8. The fourth-order valence-corrected chi connectivity index (χ4v) is 3.14. The molecule has 0 aromatic heterocycles. The third kappa shape index (κ3) is 6.63. The van der Waals surface area contributed by atoms with Gasteiger partial charge >= 0.3 is 11.9 Å². The standard InChI is InChI=1S/C21H30O6/c1-14-15(2)19(13-25-17(4)22)27-21(16(14)3)24-11-10-20(23)26-12-18-8-6-5-7-9-18/h5-9,14-16,19,21H,10-13H2,1-4H3/t14-,15+,16?,19?,21+/m0/s1. The molecule has 1 aromatic carbocycles. The van der Waals surface area contributed by atoms with Crippen LogP contribution in [0.1, 0.15) is 39.7 Å². The molecule has 2 unspecified atom stereocenters. The molecule has 5 atom stereocenters. The number of esters is 2. The number of carbonyl (C=O) groups is 2. The van der Waals surface area contributed by atoms with Crippen LogP contribution in [-0.2, 0) is 35.1 Å². The molecule has 27 heavy (non-hydrogen) atoms. The normalized spacial score (nSPS) is 27.8. The Balaban J connectivity index is 1.75. The number of benzene rings is 1. The summed E-state index contributed by atoms with van der Waals surface area (Å²) in [5, 5.41) is 0. The zero-order valence-corrected chi connectivity index (χ0v) is 16.6. The van der Waals surface area contributed by atoms with Crippen molar-refractivity contribution in [3.8, 4) is 0 Å². The zero-order valence-electron chi connectivity index (χ0n) is 16.6. The van der Waals surface area contributed by atoms with Crippen molar-refractivity contribution in [2.24, 2.45) is 17.8 Å². The molecule has 0 bridgehead atoms. The van der Waals surface area contributed by atoms with E-state index in [9.17, 15) is 9.59 Å². The van der Waals surface area contributed by atoms with E-state index in [4.69, 9.17) is 18.9 Å². The van der Waals surface area contributed by atoms with Crippen LogP contribution in [-0.4, -0.2) is 37.5 Å². The van der Waals surface area contributed by atoms with E-state index in [2.05, 4.69) is 20.8 Å². The SMILES string of the molecule is CC(=O)OCC1O[C@@H](OCCC(=O)OCc2ccccc2)C(C)[C@@H](C)[C@H]1C. The summed E-state index contributed by atoms with van der Waals surface area (Å²) in [6.07, 6.45) is -0.480. The molecule has 0 spiro atoms. The molecular formula is C21H30O6. The maximum atomic E-state index is 11.9. The van der Waals surface area contributed by atoms with Crippen LogP contribution in [0, 0.1) is 17.8 Å². The molecule has 1 heterocycles. The molecule has 150 valence electrons. The van der Waals surface area contributed by atoms with Crippen molar-refractivity contribution in [3.63, 3.8) is 0 Å². The van der Waals surface area contributed by atoms with Crippen LogP contribution in [0.5, 0.6) is 0 Å². The second-order valence-electron chi connectivity index (χ2n) is 7.19. The first-order chi connectivity index (χ1) is 12.9. The van der Waals surface area contributed by atoms with E-state index in [-0.39, 0.29) is 56.1 Å². The lowest BCUT2D eigenvalue weighted by molar-refractivity contribution is -0.255. The van der Waals surface area contributed by atoms with Gasteiger partial charge in [-0.1, -0.05) is 51.1 Å². The van der Waals surface area contributed by atoms with Gasteiger partial charge in [0.15, 0.2) is 6.29 Å². The Hall–Kier alpha value is -1.92. The van der Waals surface area contributed by atoms with Gasteiger partial charge < -0.3 is 18.9 Å². The summed E-state index contributed by atoms with van der Waals surface area (Å²) in [6, 6.07) is 9.55. The van der Waals surface area contributed by atoms with E-state index < -0.39 is 6.29 Å². The second kappa shape index (κ2) is 10.4. The van der Waals surface area contributed by atoms with E-state index in [1.165, 1.54) is 6.92 Å². The minimum absolute atomic E-state index is 0.165. The monoisotopic (exact) mass is 378 g/mol. The predicted octanol–water partition coefficient (Wildman–Crippen LogP) is 3.33. The van der Waals surface area contributed by atoms with Crippen LogP contribution < -0.4 is 0 Å². The highest BCUT2D eigenvalue weighted by Gasteiger charge is 2.40. The summed E-state index contributed by atoms with van der Waals surface area (Å²) in [5.41, 5.74) is 0.951. The van der Waals surface area contributed by atoms with E-state index in [1.54, 1.807) is 0 Å².